The molecule has 0 saturated carbocycles. The Morgan fingerprint density at radius 3 is 2.85 bits per heavy atom. The second-order valence-electron chi connectivity index (χ2n) is 5.68. The lowest BCUT2D eigenvalue weighted by atomic mass is 9.80. The van der Waals surface area contributed by atoms with Crippen LogP contribution in [0.2, 0.25) is 0 Å². The van der Waals surface area contributed by atoms with E-state index in [4.69, 9.17) is 19.7 Å². The van der Waals surface area contributed by atoms with Crippen LogP contribution in [-0.2, 0) is 14.9 Å². The van der Waals surface area contributed by atoms with Gasteiger partial charge in [-0.3, -0.25) is 0 Å². The number of morpholine rings is 1. The van der Waals surface area contributed by atoms with E-state index < -0.39 is 0 Å². The van der Waals surface area contributed by atoms with E-state index >= 15 is 0 Å². The van der Waals surface area contributed by atoms with Crippen molar-refractivity contribution in [2.75, 3.05) is 46.5 Å². The average Bonchev–Trinajstić information content (AvgIpc) is 2.98. The Bertz CT molecular complexity index is 445. The fraction of sp³-hybridized carbons (Fsp3) is 0.846. The zero-order valence-electron chi connectivity index (χ0n) is 11.9. The van der Waals surface area contributed by atoms with Crippen LogP contribution in [0.5, 0.6) is 0 Å². The lowest BCUT2D eigenvalue weighted by Crippen LogP contribution is -2.41. The maximum Gasteiger partial charge on any atom is 0.234 e. The summed E-state index contributed by atoms with van der Waals surface area (Å²) in [4.78, 5) is 6.78. The van der Waals surface area contributed by atoms with E-state index in [1.165, 1.54) is 0 Å². The molecule has 0 bridgehead atoms. The smallest absolute Gasteiger partial charge is 0.234 e. The van der Waals surface area contributed by atoms with Crippen LogP contribution in [-0.4, -0.2) is 61.5 Å². The van der Waals surface area contributed by atoms with Gasteiger partial charge in [-0.05, 0) is 19.9 Å². The second-order valence-corrected chi connectivity index (χ2v) is 5.68. The number of nitrogens with zero attached hydrogens (tertiary/aromatic N) is 3. The summed E-state index contributed by atoms with van der Waals surface area (Å²) in [7, 11) is 2.07. The van der Waals surface area contributed by atoms with Gasteiger partial charge in [0, 0.05) is 32.8 Å². The molecule has 2 aliphatic heterocycles. The predicted octanol–water partition coefficient (Wildman–Crippen LogP) is 0.0796. The van der Waals surface area contributed by atoms with Gasteiger partial charge in [0.2, 0.25) is 11.7 Å². The number of nitrogens with two attached hydrogens (primary N) is 1. The molecule has 112 valence electrons. The Labute approximate surface area is 118 Å². The molecule has 3 heterocycles. The quantitative estimate of drug-likeness (QED) is 0.840. The Morgan fingerprint density at radius 2 is 2.15 bits per heavy atom. The predicted molar refractivity (Wildman–Crippen MR) is 71.3 cm³/mol. The topological polar surface area (TPSA) is 86.6 Å². The average molecular weight is 282 g/mol. The molecule has 1 atom stereocenters. The van der Waals surface area contributed by atoms with Gasteiger partial charge in [-0.25, -0.2) is 0 Å². The second kappa shape index (κ2) is 5.77. The van der Waals surface area contributed by atoms with Crippen LogP contribution in [0.3, 0.4) is 0 Å². The summed E-state index contributed by atoms with van der Waals surface area (Å²) in [5.74, 6) is 1.26. The molecule has 2 aliphatic rings. The number of hydrogen-bond acceptors (Lipinski definition) is 7. The van der Waals surface area contributed by atoms with Crippen molar-refractivity contribution < 1.29 is 14.0 Å². The minimum absolute atomic E-state index is 0.110. The van der Waals surface area contributed by atoms with Crippen molar-refractivity contribution in [3.8, 4) is 0 Å². The first-order valence-electron chi connectivity index (χ1n) is 7.15. The highest BCUT2D eigenvalue weighted by atomic mass is 16.5. The molecule has 0 spiro atoms. The Balaban J connectivity index is 1.78. The molecular weight excluding hydrogens is 260 g/mol. The minimum Gasteiger partial charge on any atom is -0.381 e. The van der Waals surface area contributed by atoms with Crippen molar-refractivity contribution >= 4 is 0 Å². The molecule has 1 unspecified atom stereocenters. The molecular formula is C13H22N4O3. The van der Waals surface area contributed by atoms with E-state index in [-0.39, 0.29) is 11.5 Å². The summed E-state index contributed by atoms with van der Waals surface area (Å²) < 4.78 is 16.6. The van der Waals surface area contributed by atoms with Gasteiger partial charge in [-0.1, -0.05) is 5.16 Å². The molecule has 0 radical (unpaired) electrons. The molecule has 0 aliphatic carbocycles. The summed E-state index contributed by atoms with van der Waals surface area (Å²) in [5.41, 5.74) is 5.73. The first-order chi connectivity index (χ1) is 9.73. The van der Waals surface area contributed by atoms with Gasteiger partial charge < -0.3 is 24.6 Å². The first kappa shape index (κ1) is 13.9. The Kier molecular flexibility index (Phi) is 4.02. The van der Waals surface area contributed by atoms with Gasteiger partial charge in [0.1, 0.15) is 6.10 Å². The number of likely N-dealkylation sites (N-methyl/N-ethyl adjacent to an activating group) is 1. The van der Waals surface area contributed by atoms with E-state index in [1.54, 1.807) is 0 Å². The summed E-state index contributed by atoms with van der Waals surface area (Å²) in [6.07, 6.45) is 1.55. The molecule has 0 amide bonds. The van der Waals surface area contributed by atoms with Crippen LogP contribution in [0.1, 0.15) is 30.7 Å². The van der Waals surface area contributed by atoms with Gasteiger partial charge in [-0.15, -0.1) is 0 Å². The highest BCUT2D eigenvalue weighted by molar-refractivity contribution is 5.09. The molecule has 7 heteroatoms. The van der Waals surface area contributed by atoms with E-state index in [9.17, 15) is 0 Å². The van der Waals surface area contributed by atoms with Gasteiger partial charge in [-0.2, -0.15) is 4.98 Å². The Hall–Kier alpha value is -1.02. The van der Waals surface area contributed by atoms with Crippen LogP contribution >= 0.6 is 0 Å². The van der Waals surface area contributed by atoms with Crippen molar-refractivity contribution in [2.24, 2.45) is 5.73 Å². The SMILES string of the molecule is CN1CCOC(c2noc(C3(CN)CCOCC3)n2)C1. The summed E-state index contributed by atoms with van der Waals surface area (Å²) in [5, 5.41) is 4.11. The largest absolute Gasteiger partial charge is 0.381 e. The molecule has 20 heavy (non-hydrogen) atoms. The zero-order valence-corrected chi connectivity index (χ0v) is 11.9. The van der Waals surface area contributed by atoms with Gasteiger partial charge in [0.25, 0.3) is 0 Å². The van der Waals surface area contributed by atoms with Crippen molar-refractivity contribution in [3.05, 3.63) is 11.7 Å². The molecule has 2 saturated heterocycles. The number of rotatable bonds is 3. The highest BCUT2D eigenvalue weighted by Gasteiger charge is 2.39. The molecule has 0 aromatic carbocycles. The van der Waals surface area contributed by atoms with E-state index in [1.807, 2.05) is 0 Å². The third-order valence-electron chi connectivity index (χ3n) is 4.29. The fourth-order valence-electron chi connectivity index (χ4n) is 2.78. The van der Waals surface area contributed by atoms with Crippen molar-refractivity contribution in [3.63, 3.8) is 0 Å². The van der Waals surface area contributed by atoms with Crippen molar-refractivity contribution in [1.82, 2.24) is 15.0 Å². The van der Waals surface area contributed by atoms with Gasteiger partial charge in [0.15, 0.2) is 0 Å². The third-order valence-corrected chi connectivity index (χ3v) is 4.29. The van der Waals surface area contributed by atoms with Crippen LogP contribution in [0.4, 0.5) is 0 Å². The van der Waals surface area contributed by atoms with E-state index in [0.717, 1.165) is 25.9 Å². The van der Waals surface area contributed by atoms with E-state index in [0.29, 0.717) is 38.1 Å². The van der Waals surface area contributed by atoms with Crippen LogP contribution in [0.15, 0.2) is 4.52 Å². The van der Waals surface area contributed by atoms with Gasteiger partial charge in [0.05, 0.1) is 12.0 Å². The number of ether oxygens (including phenoxy) is 2. The molecule has 7 nitrogen and oxygen atoms in total. The summed E-state index contributed by atoms with van der Waals surface area (Å²) >= 11 is 0. The maximum atomic E-state index is 5.96. The molecule has 2 N–H and O–H groups in total. The third kappa shape index (κ3) is 2.58. The minimum atomic E-state index is -0.232. The van der Waals surface area contributed by atoms with Gasteiger partial charge >= 0.3 is 0 Å². The van der Waals surface area contributed by atoms with Crippen molar-refractivity contribution in [2.45, 2.75) is 24.4 Å². The lowest BCUT2D eigenvalue weighted by Gasteiger charge is -2.32. The maximum absolute atomic E-state index is 5.96. The summed E-state index contributed by atoms with van der Waals surface area (Å²) in [6, 6.07) is 0. The molecule has 1 aromatic heterocycles. The van der Waals surface area contributed by atoms with E-state index in [2.05, 4.69) is 22.1 Å². The Morgan fingerprint density at radius 1 is 1.35 bits per heavy atom. The molecule has 3 rings (SSSR count). The summed E-state index contributed by atoms with van der Waals surface area (Å²) in [6.45, 7) is 4.31. The first-order valence-corrected chi connectivity index (χ1v) is 7.15. The number of hydrogen-bond donors (Lipinski definition) is 1. The molecule has 2 fully saturated rings. The lowest BCUT2D eigenvalue weighted by molar-refractivity contribution is -0.0264. The number of aromatic nitrogens is 2. The highest BCUT2D eigenvalue weighted by Crippen LogP contribution is 2.33. The monoisotopic (exact) mass is 282 g/mol. The van der Waals surface area contributed by atoms with Crippen LogP contribution < -0.4 is 5.73 Å². The molecule has 1 aromatic rings. The standard InChI is InChI=1S/C13H22N4O3/c1-17-4-7-19-10(8-17)11-15-12(20-16-11)13(9-14)2-5-18-6-3-13/h10H,2-9,14H2,1H3. The zero-order chi connectivity index (χ0) is 14.0. The van der Waals surface area contributed by atoms with Crippen molar-refractivity contribution in [1.29, 1.82) is 0 Å². The van der Waals surface area contributed by atoms with Crippen LogP contribution in [0.25, 0.3) is 0 Å². The van der Waals surface area contributed by atoms with Crippen LogP contribution in [0, 0.1) is 0 Å². The fourth-order valence-corrected chi connectivity index (χ4v) is 2.78. The normalized spacial score (nSPS) is 27.6.